The Bertz CT molecular complexity index is 370. The van der Waals surface area contributed by atoms with Crippen LogP contribution in [0.1, 0.15) is 31.2 Å². The number of hydrogen-bond donors (Lipinski definition) is 2. The highest BCUT2D eigenvalue weighted by molar-refractivity contribution is 5.93. The Kier molecular flexibility index (Phi) is 3.57. The van der Waals surface area contributed by atoms with E-state index in [9.17, 15) is 4.79 Å². The number of aliphatic hydroxyl groups excluding tert-OH is 1. The SMILES string of the molecule is O=C(Nc1ccccc1CO)C1CCCC1. The first-order chi connectivity index (χ1) is 7.81. The van der Waals surface area contributed by atoms with E-state index in [0.29, 0.717) is 0 Å². The van der Waals surface area contributed by atoms with Crippen LogP contribution >= 0.6 is 0 Å². The van der Waals surface area contributed by atoms with Gasteiger partial charge in [-0.3, -0.25) is 4.79 Å². The highest BCUT2D eigenvalue weighted by Crippen LogP contribution is 2.26. The Hall–Kier alpha value is -1.35. The van der Waals surface area contributed by atoms with Gasteiger partial charge in [-0.2, -0.15) is 0 Å². The summed E-state index contributed by atoms with van der Waals surface area (Å²) in [6.45, 7) is -0.0406. The van der Waals surface area contributed by atoms with Crippen LogP contribution in [0.25, 0.3) is 0 Å². The van der Waals surface area contributed by atoms with E-state index in [-0.39, 0.29) is 18.4 Å². The Morgan fingerprint density at radius 1 is 1.31 bits per heavy atom. The first-order valence-corrected chi connectivity index (χ1v) is 5.81. The minimum absolute atomic E-state index is 0.0406. The smallest absolute Gasteiger partial charge is 0.227 e. The number of aliphatic hydroxyl groups is 1. The van der Waals surface area contributed by atoms with E-state index in [1.54, 1.807) is 0 Å². The molecular weight excluding hydrogens is 202 g/mol. The lowest BCUT2D eigenvalue weighted by molar-refractivity contribution is -0.119. The van der Waals surface area contributed by atoms with Crippen molar-refractivity contribution in [2.24, 2.45) is 5.92 Å². The van der Waals surface area contributed by atoms with Crippen LogP contribution in [0, 0.1) is 5.92 Å². The minimum atomic E-state index is -0.0406. The summed E-state index contributed by atoms with van der Waals surface area (Å²) in [4.78, 5) is 11.9. The number of benzene rings is 1. The number of nitrogens with one attached hydrogen (secondary N) is 1. The van der Waals surface area contributed by atoms with Crippen LogP contribution in [-0.4, -0.2) is 11.0 Å². The topological polar surface area (TPSA) is 49.3 Å². The average molecular weight is 219 g/mol. The van der Waals surface area contributed by atoms with Gasteiger partial charge in [0.1, 0.15) is 0 Å². The highest BCUT2D eigenvalue weighted by atomic mass is 16.3. The summed E-state index contributed by atoms with van der Waals surface area (Å²) in [6.07, 6.45) is 4.29. The quantitative estimate of drug-likeness (QED) is 0.819. The van der Waals surface area contributed by atoms with Gasteiger partial charge in [0, 0.05) is 17.2 Å². The van der Waals surface area contributed by atoms with E-state index < -0.39 is 0 Å². The molecule has 0 bridgehead atoms. The summed E-state index contributed by atoms with van der Waals surface area (Å²) in [5.41, 5.74) is 1.51. The Morgan fingerprint density at radius 3 is 2.69 bits per heavy atom. The monoisotopic (exact) mass is 219 g/mol. The highest BCUT2D eigenvalue weighted by Gasteiger charge is 2.22. The maximum Gasteiger partial charge on any atom is 0.227 e. The van der Waals surface area contributed by atoms with Crippen LogP contribution < -0.4 is 5.32 Å². The molecule has 1 saturated carbocycles. The molecule has 0 aliphatic heterocycles. The zero-order valence-corrected chi connectivity index (χ0v) is 9.28. The molecule has 0 spiro atoms. The van der Waals surface area contributed by atoms with Crippen molar-refractivity contribution in [3.05, 3.63) is 29.8 Å². The third-order valence-electron chi connectivity index (χ3n) is 3.17. The van der Waals surface area contributed by atoms with Crippen LogP contribution in [0.15, 0.2) is 24.3 Å². The van der Waals surface area contributed by atoms with Crippen molar-refractivity contribution in [1.29, 1.82) is 0 Å². The van der Waals surface area contributed by atoms with Gasteiger partial charge in [0.2, 0.25) is 5.91 Å². The fraction of sp³-hybridized carbons (Fsp3) is 0.462. The van der Waals surface area contributed by atoms with Crippen LogP contribution in [0.3, 0.4) is 0 Å². The summed E-state index contributed by atoms with van der Waals surface area (Å²) in [5.74, 6) is 0.255. The van der Waals surface area contributed by atoms with E-state index in [1.165, 1.54) is 0 Å². The molecule has 16 heavy (non-hydrogen) atoms. The molecule has 2 rings (SSSR count). The molecule has 86 valence electrons. The second kappa shape index (κ2) is 5.12. The van der Waals surface area contributed by atoms with Gasteiger partial charge in [-0.25, -0.2) is 0 Å². The largest absolute Gasteiger partial charge is 0.392 e. The van der Waals surface area contributed by atoms with Gasteiger partial charge < -0.3 is 10.4 Å². The second-order valence-corrected chi connectivity index (χ2v) is 4.29. The van der Waals surface area contributed by atoms with Crippen molar-refractivity contribution in [2.75, 3.05) is 5.32 Å². The average Bonchev–Trinajstić information content (AvgIpc) is 2.83. The summed E-state index contributed by atoms with van der Waals surface area (Å²) in [7, 11) is 0. The molecule has 0 heterocycles. The molecule has 0 unspecified atom stereocenters. The predicted molar refractivity (Wildman–Crippen MR) is 63.0 cm³/mol. The van der Waals surface area contributed by atoms with Crippen LogP contribution in [-0.2, 0) is 11.4 Å². The molecule has 0 saturated heterocycles. The molecule has 3 heteroatoms. The molecule has 1 aromatic carbocycles. The predicted octanol–water partition coefficient (Wildman–Crippen LogP) is 2.31. The standard InChI is InChI=1S/C13H17NO2/c15-9-11-7-3-4-8-12(11)14-13(16)10-5-1-2-6-10/h3-4,7-8,10,15H,1-2,5-6,9H2,(H,14,16). The number of hydrogen-bond acceptors (Lipinski definition) is 2. The molecule has 1 aliphatic carbocycles. The maximum absolute atomic E-state index is 11.9. The van der Waals surface area contributed by atoms with Crippen molar-refractivity contribution < 1.29 is 9.90 Å². The minimum Gasteiger partial charge on any atom is -0.392 e. The Labute approximate surface area is 95.5 Å². The van der Waals surface area contributed by atoms with E-state index >= 15 is 0 Å². The zero-order valence-electron chi connectivity index (χ0n) is 9.28. The number of carbonyl (C=O) groups excluding carboxylic acids is 1. The molecule has 1 aliphatic rings. The van der Waals surface area contributed by atoms with Crippen molar-refractivity contribution >= 4 is 11.6 Å². The molecule has 1 amide bonds. The van der Waals surface area contributed by atoms with Gasteiger partial charge in [0.25, 0.3) is 0 Å². The molecule has 0 atom stereocenters. The lowest BCUT2D eigenvalue weighted by Crippen LogP contribution is -2.21. The number of amides is 1. The van der Waals surface area contributed by atoms with Gasteiger partial charge in [-0.05, 0) is 18.9 Å². The van der Waals surface area contributed by atoms with Gasteiger partial charge in [-0.1, -0.05) is 31.0 Å². The summed E-state index contributed by atoms with van der Waals surface area (Å²) in [5, 5.41) is 12.0. The van der Waals surface area contributed by atoms with Crippen molar-refractivity contribution in [1.82, 2.24) is 0 Å². The van der Waals surface area contributed by atoms with Crippen LogP contribution in [0.2, 0.25) is 0 Å². The number of rotatable bonds is 3. The fourth-order valence-electron chi connectivity index (χ4n) is 2.20. The van der Waals surface area contributed by atoms with Crippen LogP contribution in [0.4, 0.5) is 5.69 Å². The Balaban J connectivity index is 2.05. The normalized spacial score (nSPS) is 16.3. The third kappa shape index (κ3) is 2.42. The third-order valence-corrected chi connectivity index (χ3v) is 3.17. The summed E-state index contributed by atoms with van der Waals surface area (Å²) in [6, 6.07) is 7.38. The lowest BCUT2D eigenvalue weighted by atomic mass is 10.1. The van der Waals surface area contributed by atoms with Gasteiger partial charge in [-0.15, -0.1) is 0 Å². The molecule has 1 fully saturated rings. The van der Waals surface area contributed by atoms with E-state index in [2.05, 4.69) is 5.32 Å². The van der Waals surface area contributed by atoms with Gasteiger partial charge in [0.05, 0.1) is 6.61 Å². The van der Waals surface area contributed by atoms with Crippen molar-refractivity contribution in [3.63, 3.8) is 0 Å². The number of para-hydroxylation sites is 1. The fourth-order valence-corrected chi connectivity index (χ4v) is 2.20. The van der Waals surface area contributed by atoms with E-state index in [0.717, 1.165) is 36.9 Å². The van der Waals surface area contributed by atoms with Crippen LogP contribution in [0.5, 0.6) is 0 Å². The zero-order chi connectivity index (χ0) is 11.4. The maximum atomic E-state index is 11.9. The number of anilines is 1. The Morgan fingerprint density at radius 2 is 2.00 bits per heavy atom. The molecule has 2 N–H and O–H groups in total. The van der Waals surface area contributed by atoms with Crippen molar-refractivity contribution in [2.45, 2.75) is 32.3 Å². The summed E-state index contributed by atoms with van der Waals surface area (Å²) < 4.78 is 0. The first-order valence-electron chi connectivity index (χ1n) is 5.81. The summed E-state index contributed by atoms with van der Waals surface area (Å²) >= 11 is 0. The molecular formula is C13H17NO2. The van der Waals surface area contributed by atoms with Gasteiger partial charge >= 0.3 is 0 Å². The molecule has 3 nitrogen and oxygen atoms in total. The van der Waals surface area contributed by atoms with Crippen molar-refractivity contribution in [3.8, 4) is 0 Å². The molecule has 0 aromatic heterocycles. The molecule has 1 aromatic rings. The van der Waals surface area contributed by atoms with E-state index in [4.69, 9.17) is 5.11 Å². The van der Waals surface area contributed by atoms with E-state index in [1.807, 2.05) is 24.3 Å². The lowest BCUT2D eigenvalue weighted by Gasteiger charge is -2.12. The van der Waals surface area contributed by atoms with Gasteiger partial charge in [0.15, 0.2) is 0 Å². The molecule has 0 radical (unpaired) electrons. The number of carbonyl (C=O) groups is 1. The first kappa shape index (κ1) is 11.1. The second-order valence-electron chi connectivity index (χ2n) is 4.29.